The summed E-state index contributed by atoms with van der Waals surface area (Å²) in [6.45, 7) is 1.92. The maximum atomic E-state index is 12.5. The van der Waals surface area contributed by atoms with Gasteiger partial charge in [-0.25, -0.2) is 18.4 Å². The summed E-state index contributed by atoms with van der Waals surface area (Å²) in [6, 6.07) is 5.13. The van der Waals surface area contributed by atoms with Crippen LogP contribution in [0.2, 0.25) is 5.02 Å². The molecule has 1 atom stereocenters. The highest BCUT2D eigenvalue weighted by molar-refractivity contribution is 7.91. The van der Waals surface area contributed by atoms with E-state index in [4.69, 9.17) is 11.6 Å². The molecule has 1 fully saturated rings. The van der Waals surface area contributed by atoms with Gasteiger partial charge in [-0.15, -0.1) is 0 Å². The van der Waals surface area contributed by atoms with Crippen molar-refractivity contribution in [2.45, 2.75) is 19.4 Å². The Hall–Kier alpha value is -2.19. The van der Waals surface area contributed by atoms with Crippen LogP contribution in [-0.4, -0.2) is 53.8 Å². The number of carbonyl (C=O) groups is 1. The number of nitrogens with zero attached hydrogens (tertiary/aromatic N) is 3. The lowest BCUT2D eigenvalue weighted by Gasteiger charge is -2.22. The van der Waals surface area contributed by atoms with Crippen LogP contribution in [0.15, 0.2) is 30.6 Å². The van der Waals surface area contributed by atoms with Gasteiger partial charge in [0.05, 0.1) is 23.9 Å². The summed E-state index contributed by atoms with van der Waals surface area (Å²) in [7, 11) is -1.46. The third-order valence-electron chi connectivity index (χ3n) is 4.40. The first kappa shape index (κ1) is 18.6. The highest BCUT2D eigenvalue weighted by Crippen LogP contribution is 2.22. The molecular weight excluding hydrogens is 376 g/mol. The molecule has 1 saturated heterocycles. The van der Waals surface area contributed by atoms with Crippen molar-refractivity contribution in [2.24, 2.45) is 0 Å². The maximum absolute atomic E-state index is 12.5. The quantitative estimate of drug-likeness (QED) is 0.856. The largest absolute Gasteiger partial charge is 0.339 e. The molecule has 2 aromatic rings. The first-order valence-corrected chi connectivity index (χ1v) is 10.3. The predicted octanol–water partition coefficient (Wildman–Crippen LogP) is 2.44. The van der Waals surface area contributed by atoms with E-state index in [0.29, 0.717) is 17.3 Å². The van der Waals surface area contributed by atoms with Crippen LogP contribution in [0.4, 0.5) is 11.5 Å². The number of hydrogen-bond donors (Lipinski definition) is 1. The first-order valence-electron chi connectivity index (χ1n) is 8.08. The van der Waals surface area contributed by atoms with Crippen molar-refractivity contribution < 1.29 is 13.2 Å². The summed E-state index contributed by atoms with van der Waals surface area (Å²) >= 11 is 5.94. The molecule has 0 spiro atoms. The number of halogens is 1. The van der Waals surface area contributed by atoms with E-state index in [0.717, 1.165) is 11.3 Å². The van der Waals surface area contributed by atoms with Crippen LogP contribution in [0.3, 0.4) is 0 Å². The number of anilines is 2. The predicted molar refractivity (Wildman–Crippen MR) is 101 cm³/mol. The zero-order valence-electron chi connectivity index (χ0n) is 14.4. The van der Waals surface area contributed by atoms with Crippen molar-refractivity contribution in [3.63, 3.8) is 0 Å². The second-order valence-electron chi connectivity index (χ2n) is 6.34. The van der Waals surface area contributed by atoms with Gasteiger partial charge in [0.25, 0.3) is 5.91 Å². The molecule has 1 aliphatic heterocycles. The van der Waals surface area contributed by atoms with Gasteiger partial charge in [-0.05, 0) is 37.1 Å². The highest BCUT2D eigenvalue weighted by Gasteiger charge is 2.33. The molecule has 1 aliphatic rings. The van der Waals surface area contributed by atoms with Gasteiger partial charge in [-0.2, -0.15) is 0 Å². The molecule has 0 bridgehead atoms. The Labute approximate surface area is 157 Å². The topological polar surface area (TPSA) is 92.3 Å². The molecule has 1 aromatic carbocycles. The van der Waals surface area contributed by atoms with Gasteiger partial charge < -0.3 is 10.2 Å². The number of carbonyl (C=O) groups excluding carboxylic acids is 1. The van der Waals surface area contributed by atoms with Gasteiger partial charge in [0, 0.05) is 23.8 Å². The van der Waals surface area contributed by atoms with E-state index in [2.05, 4.69) is 15.3 Å². The zero-order valence-corrected chi connectivity index (χ0v) is 16.0. The lowest BCUT2D eigenvalue weighted by Crippen LogP contribution is -2.38. The summed E-state index contributed by atoms with van der Waals surface area (Å²) in [6.07, 6.45) is 3.31. The SMILES string of the molecule is Cc1cc(Cl)ccc1Nc1cnc(C(=O)N(C)C2CCS(=O)(=O)C2)cn1. The molecule has 0 saturated carbocycles. The van der Waals surface area contributed by atoms with Gasteiger partial charge in [0.2, 0.25) is 0 Å². The van der Waals surface area contributed by atoms with E-state index in [1.165, 1.54) is 17.3 Å². The Kier molecular flexibility index (Phi) is 5.15. The second-order valence-corrected chi connectivity index (χ2v) is 9.01. The molecule has 1 N–H and O–H groups in total. The minimum Gasteiger partial charge on any atom is -0.339 e. The number of aromatic nitrogens is 2. The third kappa shape index (κ3) is 4.13. The standard InChI is InChI=1S/C17H19ClN4O3S/c1-11-7-12(18)3-4-14(11)21-16-9-19-15(8-20-16)17(23)22(2)13-5-6-26(24,25)10-13/h3-4,7-9,13H,5-6,10H2,1-2H3,(H,20,21). The van der Waals surface area contributed by atoms with E-state index in [1.54, 1.807) is 13.1 Å². The average molecular weight is 395 g/mol. The molecule has 9 heteroatoms. The van der Waals surface area contributed by atoms with Crippen LogP contribution >= 0.6 is 11.6 Å². The van der Waals surface area contributed by atoms with Gasteiger partial charge in [-0.3, -0.25) is 4.79 Å². The Balaban J connectivity index is 1.70. The molecule has 7 nitrogen and oxygen atoms in total. The van der Waals surface area contributed by atoms with E-state index in [9.17, 15) is 13.2 Å². The minimum absolute atomic E-state index is 0.00183. The summed E-state index contributed by atoms with van der Waals surface area (Å²) < 4.78 is 23.2. The highest BCUT2D eigenvalue weighted by atomic mass is 35.5. The Morgan fingerprint density at radius 2 is 2.08 bits per heavy atom. The number of amides is 1. The molecule has 1 amide bonds. The fraction of sp³-hybridized carbons (Fsp3) is 0.353. The third-order valence-corrected chi connectivity index (χ3v) is 6.38. The Bertz CT molecular complexity index is 932. The second kappa shape index (κ2) is 7.20. The molecule has 1 aromatic heterocycles. The summed E-state index contributed by atoms with van der Waals surface area (Å²) in [5.74, 6) is 0.273. The molecule has 2 heterocycles. The number of benzene rings is 1. The molecule has 1 unspecified atom stereocenters. The minimum atomic E-state index is -3.05. The number of hydrogen-bond acceptors (Lipinski definition) is 6. The van der Waals surface area contributed by atoms with Gasteiger partial charge in [-0.1, -0.05) is 11.6 Å². The van der Waals surface area contributed by atoms with Crippen LogP contribution in [0.5, 0.6) is 0 Å². The Morgan fingerprint density at radius 1 is 1.31 bits per heavy atom. The fourth-order valence-corrected chi connectivity index (χ4v) is 4.84. The summed E-state index contributed by atoms with van der Waals surface area (Å²) in [5, 5.41) is 3.77. The summed E-state index contributed by atoms with van der Waals surface area (Å²) in [4.78, 5) is 22.3. The molecule has 0 radical (unpaired) electrons. The number of aryl methyl sites for hydroxylation is 1. The monoisotopic (exact) mass is 394 g/mol. The van der Waals surface area contributed by atoms with Gasteiger partial charge in [0.1, 0.15) is 11.5 Å². The van der Waals surface area contributed by atoms with Crippen molar-refractivity contribution >= 4 is 38.9 Å². The van der Waals surface area contributed by atoms with Crippen LogP contribution in [0.1, 0.15) is 22.5 Å². The van der Waals surface area contributed by atoms with Crippen molar-refractivity contribution in [2.75, 3.05) is 23.9 Å². The van der Waals surface area contributed by atoms with E-state index >= 15 is 0 Å². The van der Waals surface area contributed by atoms with Crippen LogP contribution in [0.25, 0.3) is 0 Å². The lowest BCUT2D eigenvalue weighted by atomic mass is 10.2. The van der Waals surface area contributed by atoms with E-state index < -0.39 is 9.84 Å². The van der Waals surface area contributed by atoms with Crippen molar-refractivity contribution in [3.8, 4) is 0 Å². The number of rotatable bonds is 4. The van der Waals surface area contributed by atoms with E-state index in [1.807, 2.05) is 19.1 Å². The Morgan fingerprint density at radius 3 is 2.65 bits per heavy atom. The molecule has 26 heavy (non-hydrogen) atoms. The number of sulfone groups is 1. The van der Waals surface area contributed by atoms with E-state index in [-0.39, 0.29) is 29.1 Å². The zero-order chi connectivity index (χ0) is 18.9. The normalized spacial score (nSPS) is 18.5. The van der Waals surface area contributed by atoms with Gasteiger partial charge >= 0.3 is 0 Å². The van der Waals surface area contributed by atoms with Crippen LogP contribution in [-0.2, 0) is 9.84 Å². The molecule has 3 rings (SSSR count). The first-order chi connectivity index (χ1) is 12.2. The number of nitrogens with one attached hydrogen (secondary N) is 1. The molecular formula is C17H19ClN4O3S. The molecule has 138 valence electrons. The average Bonchev–Trinajstić information content (AvgIpc) is 2.97. The van der Waals surface area contributed by atoms with Crippen LogP contribution in [0, 0.1) is 6.92 Å². The van der Waals surface area contributed by atoms with Crippen molar-refractivity contribution in [3.05, 3.63) is 46.9 Å². The van der Waals surface area contributed by atoms with Crippen molar-refractivity contribution in [1.82, 2.24) is 14.9 Å². The fourth-order valence-electron chi connectivity index (χ4n) is 2.84. The maximum Gasteiger partial charge on any atom is 0.274 e. The lowest BCUT2D eigenvalue weighted by molar-refractivity contribution is 0.0741. The smallest absolute Gasteiger partial charge is 0.274 e. The van der Waals surface area contributed by atoms with Crippen molar-refractivity contribution in [1.29, 1.82) is 0 Å². The molecule has 0 aliphatic carbocycles. The van der Waals surface area contributed by atoms with Crippen LogP contribution < -0.4 is 5.32 Å². The summed E-state index contributed by atoms with van der Waals surface area (Å²) in [5.41, 5.74) is 1.98. The van der Waals surface area contributed by atoms with Gasteiger partial charge in [0.15, 0.2) is 9.84 Å².